The van der Waals surface area contributed by atoms with E-state index < -0.39 is 6.09 Å². The summed E-state index contributed by atoms with van der Waals surface area (Å²) in [7, 11) is 0. The van der Waals surface area contributed by atoms with Gasteiger partial charge in [0.05, 0.1) is 5.88 Å². The molecule has 18 heavy (non-hydrogen) atoms. The molecule has 0 fully saturated rings. The first-order chi connectivity index (χ1) is 8.79. The largest absolute Gasteiger partial charge is 0.448 e. The molecule has 1 N–H and O–H groups in total. The Morgan fingerprint density at radius 3 is 2.89 bits per heavy atom. The maximum absolute atomic E-state index is 11.3. The van der Waals surface area contributed by atoms with Crippen molar-refractivity contribution in [3.8, 4) is 11.4 Å². The van der Waals surface area contributed by atoms with Crippen molar-refractivity contribution in [3.63, 3.8) is 0 Å². The van der Waals surface area contributed by atoms with Crippen LogP contribution in [0.3, 0.4) is 0 Å². The van der Waals surface area contributed by atoms with Crippen LogP contribution in [0.15, 0.2) is 30.3 Å². The Hall–Kier alpha value is -1.66. The highest BCUT2D eigenvalue weighted by molar-refractivity contribution is 7.10. The second-order valence-corrected chi connectivity index (χ2v) is 4.37. The molecule has 0 aliphatic rings. The third-order valence-corrected chi connectivity index (χ3v) is 2.76. The number of hydrogen-bond acceptors (Lipinski definition) is 5. The first-order valence-electron chi connectivity index (χ1n) is 5.18. The summed E-state index contributed by atoms with van der Waals surface area (Å²) in [6, 6.07) is 9.52. The van der Waals surface area contributed by atoms with E-state index in [9.17, 15) is 4.79 Å². The number of carbonyl (C=O) groups excluding carboxylic acids is 1. The normalized spacial score (nSPS) is 10.1. The highest BCUT2D eigenvalue weighted by Crippen LogP contribution is 2.20. The van der Waals surface area contributed by atoms with Crippen LogP contribution in [0.25, 0.3) is 11.4 Å². The van der Waals surface area contributed by atoms with E-state index in [0.29, 0.717) is 11.0 Å². The van der Waals surface area contributed by atoms with Gasteiger partial charge in [0.25, 0.3) is 0 Å². The van der Waals surface area contributed by atoms with Crippen LogP contribution in [0.4, 0.5) is 9.93 Å². The summed E-state index contributed by atoms with van der Waals surface area (Å²) in [5, 5.41) is 2.89. The van der Waals surface area contributed by atoms with E-state index in [2.05, 4.69) is 14.7 Å². The van der Waals surface area contributed by atoms with Crippen molar-refractivity contribution in [1.82, 2.24) is 9.36 Å². The van der Waals surface area contributed by atoms with E-state index in [0.717, 1.165) is 17.1 Å². The van der Waals surface area contributed by atoms with Crippen LogP contribution in [0, 0.1) is 0 Å². The molecule has 2 aromatic rings. The maximum Gasteiger partial charge on any atom is 0.413 e. The fraction of sp³-hybridized carbons (Fsp3) is 0.182. The van der Waals surface area contributed by atoms with Gasteiger partial charge in [-0.3, -0.25) is 5.32 Å². The Kier molecular flexibility index (Phi) is 4.49. The number of alkyl halides is 1. The van der Waals surface area contributed by atoms with Gasteiger partial charge in [-0.05, 0) is 0 Å². The van der Waals surface area contributed by atoms with Crippen LogP contribution in [-0.4, -0.2) is 27.9 Å². The Morgan fingerprint density at radius 2 is 2.17 bits per heavy atom. The summed E-state index contributed by atoms with van der Waals surface area (Å²) in [5.41, 5.74) is 0.899. The number of amides is 1. The quantitative estimate of drug-likeness (QED) is 0.876. The molecule has 0 unspecified atom stereocenters. The molecule has 0 bridgehead atoms. The van der Waals surface area contributed by atoms with Gasteiger partial charge in [-0.2, -0.15) is 9.36 Å². The molecule has 1 heterocycles. The molecule has 0 atom stereocenters. The van der Waals surface area contributed by atoms with E-state index in [1.54, 1.807) is 0 Å². The highest BCUT2D eigenvalue weighted by atomic mass is 35.5. The number of halogens is 1. The third kappa shape index (κ3) is 3.41. The molecule has 0 spiro atoms. The average Bonchev–Trinajstić information content (AvgIpc) is 2.86. The Morgan fingerprint density at radius 1 is 1.39 bits per heavy atom. The Balaban J connectivity index is 2.00. The molecule has 5 nitrogen and oxygen atoms in total. The standard InChI is InChI=1S/C11H10ClN3O2S/c12-6-7-17-11(16)14-10-13-9(15-18-10)8-4-2-1-3-5-8/h1-5H,6-7H2,(H,13,14,15,16). The van der Waals surface area contributed by atoms with Gasteiger partial charge < -0.3 is 4.74 Å². The van der Waals surface area contributed by atoms with Gasteiger partial charge in [0.1, 0.15) is 6.61 Å². The van der Waals surface area contributed by atoms with Crippen molar-refractivity contribution in [2.75, 3.05) is 17.8 Å². The summed E-state index contributed by atoms with van der Waals surface area (Å²) >= 11 is 6.50. The second kappa shape index (κ2) is 6.32. The number of nitrogens with zero attached hydrogens (tertiary/aromatic N) is 2. The lowest BCUT2D eigenvalue weighted by Gasteiger charge is -2.00. The molecular weight excluding hydrogens is 274 g/mol. The summed E-state index contributed by atoms with van der Waals surface area (Å²) < 4.78 is 8.92. The first kappa shape index (κ1) is 12.8. The molecule has 94 valence electrons. The minimum atomic E-state index is -0.577. The zero-order valence-corrected chi connectivity index (χ0v) is 10.9. The molecular formula is C11H10ClN3O2S. The van der Waals surface area contributed by atoms with Crippen LogP contribution in [0.1, 0.15) is 0 Å². The van der Waals surface area contributed by atoms with Gasteiger partial charge in [0, 0.05) is 17.1 Å². The minimum Gasteiger partial charge on any atom is -0.448 e. The van der Waals surface area contributed by atoms with Gasteiger partial charge in [0.15, 0.2) is 5.82 Å². The van der Waals surface area contributed by atoms with E-state index in [4.69, 9.17) is 16.3 Å². The third-order valence-electron chi connectivity index (χ3n) is 1.98. The van der Waals surface area contributed by atoms with Gasteiger partial charge in [-0.15, -0.1) is 11.6 Å². The van der Waals surface area contributed by atoms with E-state index in [1.165, 1.54) is 0 Å². The van der Waals surface area contributed by atoms with Crippen LogP contribution in [0.5, 0.6) is 0 Å². The van der Waals surface area contributed by atoms with Crippen molar-refractivity contribution < 1.29 is 9.53 Å². The number of nitrogens with one attached hydrogen (secondary N) is 1. The molecule has 0 saturated carbocycles. The van der Waals surface area contributed by atoms with Crippen LogP contribution >= 0.6 is 23.1 Å². The van der Waals surface area contributed by atoms with Crippen LogP contribution in [-0.2, 0) is 4.74 Å². The topological polar surface area (TPSA) is 64.1 Å². The first-order valence-corrected chi connectivity index (χ1v) is 6.49. The minimum absolute atomic E-state index is 0.164. The molecule has 0 aliphatic carbocycles. The summed E-state index contributed by atoms with van der Waals surface area (Å²) in [6.45, 7) is 0.164. The van der Waals surface area contributed by atoms with Crippen molar-refractivity contribution in [3.05, 3.63) is 30.3 Å². The average molecular weight is 284 g/mol. The van der Waals surface area contributed by atoms with Crippen LogP contribution < -0.4 is 5.32 Å². The number of anilines is 1. The summed E-state index contributed by atoms with van der Waals surface area (Å²) in [4.78, 5) is 15.5. The van der Waals surface area contributed by atoms with Crippen molar-refractivity contribution >= 4 is 34.4 Å². The zero-order chi connectivity index (χ0) is 12.8. The number of ether oxygens (including phenoxy) is 1. The van der Waals surface area contributed by atoms with Gasteiger partial charge >= 0.3 is 6.09 Å². The van der Waals surface area contributed by atoms with E-state index >= 15 is 0 Å². The van der Waals surface area contributed by atoms with Gasteiger partial charge in [-0.25, -0.2) is 4.79 Å². The number of carbonyl (C=O) groups is 1. The van der Waals surface area contributed by atoms with Gasteiger partial charge in [-0.1, -0.05) is 30.3 Å². The lowest BCUT2D eigenvalue weighted by atomic mass is 10.2. The van der Waals surface area contributed by atoms with Crippen LogP contribution in [0.2, 0.25) is 0 Å². The lowest BCUT2D eigenvalue weighted by Crippen LogP contribution is -2.14. The molecule has 7 heteroatoms. The van der Waals surface area contributed by atoms with Crippen molar-refractivity contribution in [1.29, 1.82) is 0 Å². The molecule has 2 rings (SSSR count). The predicted octanol–water partition coefficient (Wildman–Crippen LogP) is 2.99. The fourth-order valence-electron chi connectivity index (χ4n) is 1.23. The predicted molar refractivity (Wildman–Crippen MR) is 71.0 cm³/mol. The second-order valence-electron chi connectivity index (χ2n) is 3.24. The Labute approximate surface area is 113 Å². The number of hydrogen-bond donors (Lipinski definition) is 1. The molecule has 1 aromatic carbocycles. The fourth-order valence-corrected chi connectivity index (χ4v) is 1.89. The molecule has 0 aliphatic heterocycles. The van der Waals surface area contributed by atoms with Crippen molar-refractivity contribution in [2.45, 2.75) is 0 Å². The zero-order valence-electron chi connectivity index (χ0n) is 9.30. The number of aromatic nitrogens is 2. The summed E-state index contributed by atoms with van der Waals surface area (Å²) in [5.74, 6) is 0.840. The van der Waals surface area contributed by atoms with E-state index in [-0.39, 0.29) is 12.5 Å². The van der Waals surface area contributed by atoms with Gasteiger partial charge in [0.2, 0.25) is 5.13 Å². The Bertz CT molecular complexity index is 518. The maximum atomic E-state index is 11.3. The SMILES string of the molecule is O=C(Nc1nc(-c2ccccc2)ns1)OCCCl. The lowest BCUT2D eigenvalue weighted by molar-refractivity contribution is 0.168. The molecule has 1 amide bonds. The van der Waals surface area contributed by atoms with E-state index in [1.807, 2.05) is 30.3 Å². The smallest absolute Gasteiger partial charge is 0.413 e. The molecule has 0 saturated heterocycles. The number of rotatable bonds is 4. The molecule has 1 aromatic heterocycles. The van der Waals surface area contributed by atoms with Crippen molar-refractivity contribution in [2.24, 2.45) is 0 Å². The highest BCUT2D eigenvalue weighted by Gasteiger charge is 2.09. The monoisotopic (exact) mass is 283 g/mol. The number of benzene rings is 1. The summed E-state index contributed by atoms with van der Waals surface area (Å²) in [6.07, 6.45) is -0.577. The molecule has 0 radical (unpaired) electrons.